The number of nitrogens with one attached hydrogen (secondary N) is 1. The molecule has 15 heavy (non-hydrogen) atoms. The highest BCUT2D eigenvalue weighted by Gasteiger charge is 2.29. The van der Waals surface area contributed by atoms with Crippen molar-refractivity contribution in [3.63, 3.8) is 0 Å². The lowest BCUT2D eigenvalue weighted by atomic mass is 10.0. The van der Waals surface area contributed by atoms with E-state index in [0.29, 0.717) is 0 Å². The van der Waals surface area contributed by atoms with Gasteiger partial charge in [0.2, 0.25) is 0 Å². The van der Waals surface area contributed by atoms with E-state index in [-0.39, 0.29) is 0 Å². The number of rotatable bonds is 3. The summed E-state index contributed by atoms with van der Waals surface area (Å²) in [4.78, 5) is 11.5. The number of carbonyl (C=O) groups is 1. The summed E-state index contributed by atoms with van der Waals surface area (Å²) in [5, 5.41) is 21.1. The Morgan fingerprint density at radius 2 is 2.07 bits per heavy atom. The van der Waals surface area contributed by atoms with Gasteiger partial charge in [0.25, 0.3) is 0 Å². The molecule has 0 unspecified atom stereocenters. The summed E-state index contributed by atoms with van der Waals surface area (Å²) in [5.74, 6) is 0. The van der Waals surface area contributed by atoms with Gasteiger partial charge in [-0.25, -0.2) is 4.79 Å². The van der Waals surface area contributed by atoms with Crippen molar-refractivity contribution in [1.82, 2.24) is 5.32 Å². The third kappa shape index (κ3) is 6.30. The molecule has 0 aliphatic heterocycles. The van der Waals surface area contributed by atoms with Gasteiger partial charge in [-0.05, 0) is 34.5 Å². The van der Waals surface area contributed by atoms with Crippen LogP contribution < -0.4 is 5.32 Å². The minimum atomic E-state index is -2.74. The molecule has 0 fully saturated rings. The van der Waals surface area contributed by atoms with Crippen LogP contribution in [0.2, 0.25) is 0 Å². The molecule has 90 valence electrons. The predicted octanol–water partition coefficient (Wildman–Crippen LogP) is 0.643. The SMILES string of the molecule is [2H]C([2H])([2H])[C@](C)(O)[C@@H](CO)NC(=O)OC(C)(C)C. The fourth-order valence-corrected chi connectivity index (χ4v) is 0.814. The van der Waals surface area contributed by atoms with Crippen molar-refractivity contribution < 1.29 is 23.9 Å². The molecule has 0 spiro atoms. The van der Waals surface area contributed by atoms with E-state index in [2.05, 4.69) is 5.32 Å². The van der Waals surface area contributed by atoms with Gasteiger partial charge in [-0.15, -0.1) is 0 Å². The van der Waals surface area contributed by atoms with Gasteiger partial charge in [0, 0.05) is 4.11 Å². The molecule has 0 rings (SSSR count). The van der Waals surface area contributed by atoms with E-state index in [1.807, 2.05) is 0 Å². The zero-order chi connectivity index (χ0) is 14.8. The number of ether oxygens (including phenoxy) is 1. The molecule has 0 heterocycles. The standard InChI is InChI=1S/C10H21NO4/c1-9(2,3)15-8(13)11-7(6-12)10(4,5)14/h7,12,14H,6H2,1-5H3,(H,11,13)/t7-/m1/s1/i4D3/t7-,10-. The quantitative estimate of drug-likeness (QED) is 0.655. The molecule has 5 nitrogen and oxygen atoms in total. The lowest BCUT2D eigenvalue weighted by Crippen LogP contribution is -2.52. The molecule has 3 N–H and O–H groups in total. The zero-order valence-electron chi connectivity index (χ0n) is 12.5. The van der Waals surface area contributed by atoms with E-state index in [0.717, 1.165) is 6.92 Å². The molecular formula is C10H21NO4. The van der Waals surface area contributed by atoms with Crippen LogP contribution in [0.1, 0.15) is 38.7 Å². The Morgan fingerprint density at radius 1 is 1.53 bits per heavy atom. The molecule has 0 aromatic carbocycles. The van der Waals surface area contributed by atoms with E-state index >= 15 is 0 Å². The van der Waals surface area contributed by atoms with E-state index < -0.39 is 36.8 Å². The number of hydrogen-bond donors (Lipinski definition) is 3. The Hall–Kier alpha value is -0.810. The van der Waals surface area contributed by atoms with Gasteiger partial charge in [0.1, 0.15) is 5.60 Å². The van der Waals surface area contributed by atoms with Crippen molar-refractivity contribution in [2.24, 2.45) is 0 Å². The number of amides is 1. The number of aliphatic hydroxyl groups is 2. The van der Waals surface area contributed by atoms with Crippen LogP contribution in [0.5, 0.6) is 0 Å². The van der Waals surface area contributed by atoms with Crippen LogP contribution in [-0.2, 0) is 4.74 Å². The maximum absolute atomic E-state index is 11.5. The largest absolute Gasteiger partial charge is 0.444 e. The minimum Gasteiger partial charge on any atom is -0.444 e. The molecule has 0 saturated heterocycles. The molecular weight excluding hydrogens is 198 g/mol. The van der Waals surface area contributed by atoms with Gasteiger partial charge in [0.15, 0.2) is 0 Å². The Kier molecular flexibility index (Phi) is 3.02. The van der Waals surface area contributed by atoms with Gasteiger partial charge in [-0.3, -0.25) is 0 Å². The van der Waals surface area contributed by atoms with Gasteiger partial charge in [0.05, 0.1) is 18.2 Å². The van der Waals surface area contributed by atoms with Gasteiger partial charge in [-0.2, -0.15) is 0 Å². The lowest BCUT2D eigenvalue weighted by Gasteiger charge is -2.29. The maximum Gasteiger partial charge on any atom is 0.408 e. The third-order valence-electron chi connectivity index (χ3n) is 1.55. The fourth-order valence-electron chi connectivity index (χ4n) is 0.814. The van der Waals surface area contributed by atoms with Crippen molar-refractivity contribution >= 4 is 6.09 Å². The number of hydrogen-bond acceptors (Lipinski definition) is 4. The highest BCUT2D eigenvalue weighted by atomic mass is 16.6. The normalized spacial score (nSPS) is 21.6. The van der Waals surface area contributed by atoms with Crippen LogP contribution in [0.4, 0.5) is 4.79 Å². The molecule has 0 bridgehead atoms. The van der Waals surface area contributed by atoms with Gasteiger partial charge < -0.3 is 20.3 Å². The average molecular weight is 222 g/mol. The Balaban J connectivity index is 4.78. The first-order valence-electron chi connectivity index (χ1n) is 6.14. The van der Waals surface area contributed by atoms with Crippen molar-refractivity contribution in [3.05, 3.63) is 0 Å². The Morgan fingerprint density at radius 3 is 2.40 bits per heavy atom. The van der Waals surface area contributed by atoms with Crippen molar-refractivity contribution in [3.8, 4) is 0 Å². The van der Waals surface area contributed by atoms with Crippen molar-refractivity contribution in [2.75, 3.05) is 6.61 Å². The van der Waals surface area contributed by atoms with E-state index in [9.17, 15) is 9.90 Å². The first kappa shape index (κ1) is 9.42. The number of aliphatic hydroxyl groups excluding tert-OH is 1. The summed E-state index contributed by atoms with van der Waals surface area (Å²) in [6.07, 6.45) is -0.897. The molecule has 0 saturated carbocycles. The van der Waals surface area contributed by atoms with E-state index in [1.54, 1.807) is 20.8 Å². The molecule has 0 aromatic rings. The first-order chi connectivity index (χ1) is 7.81. The zero-order valence-corrected chi connectivity index (χ0v) is 9.50. The van der Waals surface area contributed by atoms with Crippen LogP contribution in [-0.4, -0.2) is 40.2 Å². The van der Waals surface area contributed by atoms with Crippen LogP contribution in [0.3, 0.4) is 0 Å². The fraction of sp³-hybridized carbons (Fsp3) is 0.900. The first-order valence-corrected chi connectivity index (χ1v) is 4.64. The number of carbonyl (C=O) groups excluding carboxylic acids is 1. The molecule has 0 aromatic heterocycles. The maximum atomic E-state index is 11.5. The summed E-state index contributed by atoms with van der Waals surface area (Å²) >= 11 is 0. The summed E-state index contributed by atoms with van der Waals surface area (Å²) in [7, 11) is 0. The van der Waals surface area contributed by atoms with Gasteiger partial charge in [-0.1, -0.05) is 0 Å². The van der Waals surface area contributed by atoms with Crippen LogP contribution in [0.15, 0.2) is 0 Å². The highest BCUT2D eigenvalue weighted by Crippen LogP contribution is 2.10. The molecule has 5 heteroatoms. The summed E-state index contributed by atoms with van der Waals surface area (Å²) in [6.45, 7) is 2.49. The minimum absolute atomic E-state index is 0.718. The predicted molar refractivity (Wildman–Crippen MR) is 56.5 cm³/mol. The van der Waals surface area contributed by atoms with E-state index in [4.69, 9.17) is 14.0 Å². The monoisotopic (exact) mass is 222 g/mol. The van der Waals surface area contributed by atoms with Crippen molar-refractivity contribution in [2.45, 2.75) is 51.8 Å². The second-order valence-electron chi connectivity index (χ2n) is 4.53. The second-order valence-corrected chi connectivity index (χ2v) is 4.53. The highest BCUT2D eigenvalue weighted by molar-refractivity contribution is 5.68. The molecule has 0 aliphatic rings. The van der Waals surface area contributed by atoms with Crippen LogP contribution >= 0.6 is 0 Å². The molecule has 1 amide bonds. The van der Waals surface area contributed by atoms with Gasteiger partial charge >= 0.3 is 6.09 Å². The van der Waals surface area contributed by atoms with E-state index in [1.165, 1.54) is 0 Å². The number of alkyl carbamates (subject to hydrolysis) is 1. The molecule has 0 radical (unpaired) electrons. The Labute approximate surface area is 94.7 Å². The molecule has 2 atom stereocenters. The smallest absolute Gasteiger partial charge is 0.408 e. The lowest BCUT2D eigenvalue weighted by molar-refractivity contribution is 0.00129. The Bertz CT molecular complexity index is 296. The topological polar surface area (TPSA) is 78.8 Å². The third-order valence-corrected chi connectivity index (χ3v) is 1.55. The summed E-state index contributed by atoms with van der Waals surface area (Å²) < 4.78 is 26.4. The average Bonchev–Trinajstić information content (AvgIpc) is 2.08. The van der Waals surface area contributed by atoms with Crippen LogP contribution in [0, 0.1) is 0 Å². The second kappa shape index (κ2) is 4.81. The summed E-state index contributed by atoms with van der Waals surface area (Å²) in [6, 6.07) is -1.35. The molecule has 0 aliphatic carbocycles. The van der Waals surface area contributed by atoms with Crippen LogP contribution in [0.25, 0.3) is 0 Å². The van der Waals surface area contributed by atoms with Crippen molar-refractivity contribution in [1.29, 1.82) is 0 Å². The summed E-state index contributed by atoms with van der Waals surface area (Å²) in [5.41, 5.74) is -3.01.